The zero-order valence-electron chi connectivity index (χ0n) is 12.4. The molecule has 1 unspecified atom stereocenters. The molecule has 1 amide bonds. The summed E-state index contributed by atoms with van der Waals surface area (Å²) in [5, 5.41) is 12.0. The number of halogens is 3. The lowest BCUT2D eigenvalue weighted by atomic mass is 9.92. The Labute approximate surface area is 123 Å². The second-order valence-corrected chi connectivity index (χ2v) is 4.85. The van der Waals surface area contributed by atoms with Crippen LogP contribution in [0, 0.1) is 17.8 Å². The molecule has 1 atom stereocenters. The highest BCUT2D eigenvalue weighted by atomic mass is 19.4. The third kappa shape index (κ3) is 7.76. The van der Waals surface area contributed by atoms with Gasteiger partial charge in [0.05, 0.1) is 5.92 Å². The van der Waals surface area contributed by atoms with Crippen LogP contribution in [0.1, 0.15) is 39.5 Å². The Kier molecular flexibility index (Phi) is 8.11. The topological polar surface area (TPSA) is 49.3 Å². The van der Waals surface area contributed by atoms with Crippen LogP contribution < -0.4 is 5.32 Å². The highest BCUT2D eigenvalue weighted by Gasteiger charge is 2.38. The fourth-order valence-corrected chi connectivity index (χ4v) is 1.80. The molecule has 0 saturated carbocycles. The molecule has 0 aliphatic heterocycles. The largest absolute Gasteiger partial charge is 0.471 e. The molecule has 0 spiro atoms. The van der Waals surface area contributed by atoms with Gasteiger partial charge in [-0.05, 0) is 12.8 Å². The number of carbonyl (C=O) groups is 1. The van der Waals surface area contributed by atoms with Crippen molar-refractivity contribution in [2.45, 2.75) is 51.3 Å². The first kappa shape index (κ1) is 19.5. The van der Waals surface area contributed by atoms with Gasteiger partial charge in [0.2, 0.25) is 0 Å². The predicted molar refractivity (Wildman–Crippen MR) is 75.3 cm³/mol. The van der Waals surface area contributed by atoms with Gasteiger partial charge >= 0.3 is 12.1 Å². The Morgan fingerprint density at radius 3 is 2.24 bits per heavy atom. The molecule has 0 radical (unpaired) electrons. The minimum absolute atomic E-state index is 0.289. The predicted octanol–water partition coefficient (Wildman–Crippen LogP) is 2.80. The quantitative estimate of drug-likeness (QED) is 0.561. The first-order chi connectivity index (χ1) is 9.68. The third-order valence-electron chi connectivity index (χ3n) is 2.84. The van der Waals surface area contributed by atoms with Crippen LogP contribution in [0.3, 0.4) is 0 Å². The summed E-state index contributed by atoms with van der Waals surface area (Å²) < 4.78 is 36.2. The molecule has 3 nitrogen and oxygen atoms in total. The van der Waals surface area contributed by atoms with E-state index in [2.05, 4.69) is 18.4 Å². The third-order valence-corrected chi connectivity index (χ3v) is 2.84. The monoisotopic (exact) mass is 305 g/mol. The van der Waals surface area contributed by atoms with Crippen molar-refractivity contribution >= 4 is 5.91 Å². The molecule has 2 N–H and O–H groups in total. The summed E-state index contributed by atoms with van der Waals surface area (Å²) in [5.74, 6) is 2.75. The molecule has 0 aromatic carbocycles. The van der Waals surface area contributed by atoms with Crippen molar-refractivity contribution < 1.29 is 23.1 Å². The number of hydrogen-bond donors (Lipinski definition) is 2. The van der Waals surface area contributed by atoms with Gasteiger partial charge in [0.1, 0.15) is 5.60 Å². The maximum absolute atomic E-state index is 12.1. The Morgan fingerprint density at radius 2 is 1.86 bits per heavy atom. The molecule has 0 bridgehead atoms. The van der Waals surface area contributed by atoms with E-state index in [-0.39, 0.29) is 6.54 Å². The molecule has 0 aliphatic carbocycles. The van der Waals surface area contributed by atoms with Gasteiger partial charge in [-0.25, -0.2) is 0 Å². The number of nitrogens with one attached hydrogen (secondary N) is 1. The highest BCUT2D eigenvalue weighted by Crippen LogP contribution is 2.19. The molecular weight excluding hydrogens is 283 g/mol. The van der Waals surface area contributed by atoms with Gasteiger partial charge in [0.15, 0.2) is 0 Å². The lowest BCUT2D eigenvalue weighted by molar-refractivity contribution is -0.173. The highest BCUT2D eigenvalue weighted by molar-refractivity contribution is 5.81. The Hall–Kier alpha value is -1.48. The van der Waals surface area contributed by atoms with Gasteiger partial charge in [0, 0.05) is 6.54 Å². The molecule has 120 valence electrons. The van der Waals surface area contributed by atoms with Gasteiger partial charge in [-0.1, -0.05) is 44.6 Å². The number of hydrogen-bond acceptors (Lipinski definition) is 2. The van der Waals surface area contributed by atoms with Crippen molar-refractivity contribution in [3.05, 3.63) is 12.7 Å². The number of aliphatic hydroxyl groups is 1. The van der Waals surface area contributed by atoms with E-state index in [0.29, 0.717) is 12.8 Å². The van der Waals surface area contributed by atoms with E-state index in [4.69, 9.17) is 0 Å². The van der Waals surface area contributed by atoms with Gasteiger partial charge in [-0.15, -0.1) is 6.58 Å². The van der Waals surface area contributed by atoms with E-state index < -0.39 is 23.6 Å². The number of rotatable bonds is 7. The van der Waals surface area contributed by atoms with Crippen molar-refractivity contribution in [1.29, 1.82) is 0 Å². The molecule has 0 aliphatic rings. The van der Waals surface area contributed by atoms with Crippen LogP contribution >= 0.6 is 0 Å². The lowest BCUT2D eigenvalue weighted by Gasteiger charge is -2.21. The molecule has 0 aromatic heterocycles. The molecule has 21 heavy (non-hydrogen) atoms. The second-order valence-electron chi connectivity index (χ2n) is 4.85. The maximum Gasteiger partial charge on any atom is 0.471 e. The van der Waals surface area contributed by atoms with Crippen LogP contribution in [0.4, 0.5) is 13.2 Å². The number of carbonyl (C=O) groups excluding carboxylic acids is 1. The maximum atomic E-state index is 12.1. The first-order valence-corrected chi connectivity index (χ1v) is 6.91. The molecule has 0 saturated heterocycles. The van der Waals surface area contributed by atoms with E-state index in [1.807, 2.05) is 13.8 Å². The summed E-state index contributed by atoms with van der Waals surface area (Å²) in [6.07, 6.45) is -1.09. The number of alkyl halides is 3. The van der Waals surface area contributed by atoms with Crippen LogP contribution in [-0.2, 0) is 4.79 Å². The zero-order valence-corrected chi connectivity index (χ0v) is 12.4. The van der Waals surface area contributed by atoms with Crippen LogP contribution in [0.15, 0.2) is 12.7 Å². The summed E-state index contributed by atoms with van der Waals surface area (Å²) >= 11 is 0. The standard InChI is InChI=1S/C15H22F3NO2/c1-4-8-14(21,9-5-2)10-7-12(6-3)11-19-13(20)15(16,17)18/h6,12,21H,3-5,8-9,11H2,1-2H3,(H,19,20). The van der Waals surface area contributed by atoms with Crippen molar-refractivity contribution in [2.24, 2.45) is 5.92 Å². The molecule has 0 rings (SSSR count). The van der Waals surface area contributed by atoms with Crippen LogP contribution in [0.25, 0.3) is 0 Å². The van der Waals surface area contributed by atoms with E-state index in [9.17, 15) is 23.1 Å². The van der Waals surface area contributed by atoms with Crippen molar-refractivity contribution in [3.63, 3.8) is 0 Å². The average Bonchev–Trinajstić information content (AvgIpc) is 2.38. The van der Waals surface area contributed by atoms with Crippen LogP contribution in [0.5, 0.6) is 0 Å². The fraction of sp³-hybridized carbons (Fsp3) is 0.667. The van der Waals surface area contributed by atoms with Gasteiger partial charge < -0.3 is 10.4 Å². The van der Waals surface area contributed by atoms with Gasteiger partial charge in [-0.3, -0.25) is 4.79 Å². The Balaban J connectivity index is 4.73. The van der Waals surface area contributed by atoms with Gasteiger partial charge in [0.25, 0.3) is 0 Å². The Bertz CT molecular complexity index is 401. The van der Waals surface area contributed by atoms with Gasteiger partial charge in [-0.2, -0.15) is 13.2 Å². The Morgan fingerprint density at radius 1 is 1.33 bits per heavy atom. The molecule has 0 fully saturated rings. The SMILES string of the molecule is C=CC(C#CC(O)(CCC)CCC)CNC(=O)C(F)(F)F. The number of amides is 1. The summed E-state index contributed by atoms with van der Waals surface area (Å²) in [6.45, 7) is 7.02. The first-order valence-electron chi connectivity index (χ1n) is 6.91. The molecule has 0 heterocycles. The van der Waals surface area contributed by atoms with E-state index in [1.54, 1.807) is 5.32 Å². The fourth-order valence-electron chi connectivity index (χ4n) is 1.80. The zero-order chi connectivity index (χ0) is 16.5. The molecule has 6 heteroatoms. The molecule has 0 aromatic rings. The van der Waals surface area contributed by atoms with Crippen LogP contribution in [0.2, 0.25) is 0 Å². The smallest absolute Gasteiger partial charge is 0.378 e. The second kappa shape index (κ2) is 8.73. The average molecular weight is 305 g/mol. The summed E-state index contributed by atoms with van der Waals surface area (Å²) in [6, 6.07) is 0. The molecular formula is C15H22F3NO2. The summed E-state index contributed by atoms with van der Waals surface area (Å²) in [7, 11) is 0. The van der Waals surface area contributed by atoms with E-state index >= 15 is 0 Å². The minimum atomic E-state index is -4.91. The van der Waals surface area contributed by atoms with Crippen molar-refractivity contribution in [2.75, 3.05) is 6.54 Å². The van der Waals surface area contributed by atoms with Crippen molar-refractivity contribution in [1.82, 2.24) is 5.32 Å². The van der Waals surface area contributed by atoms with Crippen molar-refractivity contribution in [3.8, 4) is 11.8 Å². The summed E-state index contributed by atoms with van der Waals surface area (Å²) in [5.41, 5.74) is -1.14. The minimum Gasteiger partial charge on any atom is -0.378 e. The lowest BCUT2D eigenvalue weighted by Crippen LogP contribution is -2.39. The van der Waals surface area contributed by atoms with E-state index in [0.717, 1.165) is 12.8 Å². The van der Waals surface area contributed by atoms with Crippen LogP contribution in [-0.4, -0.2) is 29.3 Å². The van der Waals surface area contributed by atoms with E-state index in [1.165, 1.54) is 6.08 Å². The normalized spacial score (nSPS) is 13.0. The summed E-state index contributed by atoms with van der Waals surface area (Å²) in [4.78, 5) is 10.7.